The normalized spacial score (nSPS) is 10.5. The number of anilines is 4. The van der Waals surface area contributed by atoms with E-state index in [0.29, 0.717) is 17.5 Å². The van der Waals surface area contributed by atoms with Crippen LogP contribution in [0.4, 0.5) is 27.5 Å². The summed E-state index contributed by atoms with van der Waals surface area (Å²) in [6.07, 6.45) is 0. The molecule has 0 bridgehead atoms. The number of hydrogen-bond acceptors (Lipinski definition) is 4. The van der Waals surface area contributed by atoms with Crippen LogP contribution in [-0.4, -0.2) is 9.97 Å². The first-order valence-corrected chi connectivity index (χ1v) is 8.20. The fraction of sp³-hybridized carbons (Fsp3) is 0.111. The number of benzene rings is 2. The Morgan fingerprint density at radius 3 is 2.54 bits per heavy atom. The molecule has 0 spiro atoms. The summed E-state index contributed by atoms with van der Waals surface area (Å²) in [6, 6.07) is 14.1. The molecule has 24 heavy (non-hydrogen) atoms. The molecule has 2 N–H and O–H groups in total. The van der Waals surface area contributed by atoms with Gasteiger partial charge in [0.25, 0.3) is 0 Å². The molecule has 0 aliphatic heterocycles. The van der Waals surface area contributed by atoms with Gasteiger partial charge in [0.1, 0.15) is 11.6 Å². The second-order valence-electron chi connectivity index (χ2n) is 5.46. The Hall–Kier alpha value is -2.47. The average molecular weight is 387 g/mol. The lowest BCUT2D eigenvalue weighted by molar-refractivity contribution is 0.628. The predicted molar refractivity (Wildman–Crippen MR) is 98.6 cm³/mol. The summed E-state index contributed by atoms with van der Waals surface area (Å²) in [7, 11) is 0. The Balaban J connectivity index is 1.86. The SMILES string of the molecule is Cc1ccc(Nc2cc(C)nc(Nc3cccc(F)c3)n2)c(Br)c1. The number of rotatable bonds is 4. The number of nitrogens with zero attached hydrogens (tertiary/aromatic N) is 2. The van der Waals surface area contributed by atoms with Crippen molar-refractivity contribution in [3.8, 4) is 0 Å². The zero-order chi connectivity index (χ0) is 17.1. The Bertz CT molecular complexity index is 883. The largest absolute Gasteiger partial charge is 0.339 e. The van der Waals surface area contributed by atoms with Gasteiger partial charge in [-0.15, -0.1) is 0 Å². The molecule has 122 valence electrons. The summed E-state index contributed by atoms with van der Waals surface area (Å²) in [6.45, 7) is 3.91. The minimum absolute atomic E-state index is 0.311. The molecule has 4 nitrogen and oxygen atoms in total. The summed E-state index contributed by atoms with van der Waals surface area (Å²) in [5, 5.41) is 6.29. The standard InChI is InChI=1S/C18H16BrFN4/c1-11-6-7-16(15(19)8-11)23-17-9-12(2)21-18(24-17)22-14-5-3-4-13(20)10-14/h3-10H,1-2H3,(H2,21,22,23,24). The lowest BCUT2D eigenvalue weighted by Crippen LogP contribution is -2.03. The van der Waals surface area contributed by atoms with Gasteiger partial charge >= 0.3 is 0 Å². The van der Waals surface area contributed by atoms with Crippen LogP contribution in [0.3, 0.4) is 0 Å². The van der Waals surface area contributed by atoms with E-state index in [1.54, 1.807) is 12.1 Å². The maximum Gasteiger partial charge on any atom is 0.229 e. The topological polar surface area (TPSA) is 49.8 Å². The van der Waals surface area contributed by atoms with E-state index in [2.05, 4.69) is 36.5 Å². The lowest BCUT2D eigenvalue weighted by atomic mass is 10.2. The Labute approximate surface area is 148 Å². The first kappa shape index (κ1) is 16.4. The quantitative estimate of drug-likeness (QED) is 0.622. The minimum Gasteiger partial charge on any atom is -0.339 e. The van der Waals surface area contributed by atoms with Gasteiger partial charge in [0.2, 0.25) is 5.95 Å². The molecule has 0 aliphatic rings. The van der Waals surface area contributed by atoms with Gasteiger partial charge in [0.05, 0.1) is 5.69 Å². The van der Waals surface area contributed by atoms with Crippen molar-refractivity contribution in [3.63, 3.8) is 0 Å². The van der Waals surface area contributed by atoms with Crippen LogP contribution in [0.5, 0.6) is 0 Å². The Morgan fingerprint density at radius 2 is 1.79 bits per heavy atom. The van der Waals surface area contributed by atoms with Crippen LogP contribution in [0.15, 0.2) is 53.0 Å². The van der Waals surface area contributed by atoms with Crippen molar-refractivity contribution in [1.29, 1.82) is 0 Å². The van der Waals surface area contributed by atoms with Crippen LogP contribution >= 0.6 is 15.9 Å². The van der Waals surface area contributed by atoms with Crippen LogP contribution in [0.1, 0.15) is 11.3 Å². The Morgan fingerprint density at radius 1 is 0.958 bits per heavy atom. The summed E-state index contributed by atoms with van der Waals surface area (Å²) >= 11 is 3.54. The van der Waals surface area contributed by atoms with E-state index in [0.717, 1.165) is 15.9 Å². The van der Waals surface area contributed by atoms with Crippen molar-refractivity contribution in [2.75, 3.05) is 10.6 Å². The van der Waals surface area contributed by atoms with Crippen molar-refractivity contribution in [2.24, 2.45) is 0 Å². The molecule has 0 saturated carbocycles. The molecule has 0 saturated heterocycles. The smallest absolute Gasteiger partial charge is 0.229 e. The molecule has 1 aromatic heterocycles. The zero-order valence-corrected chi connectivity index (χ0v) is 14.9. The minimum atomic E-state index is -0.311. The highest BCUT2D eigenvalue weighted by molar-refractivity contribution is 9.10. The molecule has 1 heterocycles. The first-order chi connectivity index (χ1) is 11.5. The van der Waals surface area contributed by atoms with Crippen molar-refractivity contribution < 1.29 is 4.39 Å². The molecule has 0 radical (unpaired) electrons. The van der Waals surface area contributed by atoms with Crippen LogP contribution in [0.25, 0.3) is 0 Å². The van der Waals surface area contributed by atoms with Gasteiger partial charge in [-0.3, -0.25) is 0 Å². The Kier molecular flexibility index (Phi) is 4.76. The summed E-state index contributed by atoms with van der Waals surface area (Å²) in [4.78, 5) is 8.78. The number of halogens is 2. The van der Waals surface area contributed by atoms with E-state index in [9.17, 15) is 4.39 Å². The molecule has 0 amide bonds. The number of nitrogens with one attached hydrogen (secondary N) is 2. The molecule has 0 unspecified atom stereocenters. The molecular formula is C18H16BrFN4. The first-order valence-electron chi connectivity index (χ1n) is 7.41. The van der Waals surface area contributed by atoms with Crippen LogP contribution in [0, 0.1) is 19.7 Å². The number of aryl methyl sites for hydroxylation is 2. The monoisotopic (exact) mass is 386 g/mol. The molecule has 0 atom stereocenters. The molecule has 2 aromatic carbocycles. The number of hydrogen-bond donors (Lipinski definition) is 2. The maximum atomic E-state index is 13.3. The van der Waals surface area contributed by atoms with Crippen LogP contribution in [0.2, 0.25) is 0 Å². The summed E-state index contributed by atoms with van der Waals surface area (Å²) < 4.78 is 14.3. The fourth-order valence-corrected chi connectivity index (χ4v) is 2.84. The highest BCUT2D eigenvalue weighted by Crippen LogP contribution is 2.27. The van der Waals surface area contributed by atoms with Gasteiger partial charge in [0.15, 0.2) is 0 Å². The van der Waals surface area contributed by atoms with Crippen molar-refractivity contribution >= 4 is 39.1 Å². The molecule has 6 heteroatoms. The third kappa shape index (κ3) is 4.08. The second kappa shape index (κ2) is 6.97. The summed E-state index contributed by atoms with van der Waals surface area (Å²) in [5.74, 6) is 0.756. The van der Waals surface area contributed by atoms with E-state index < -0.39 is 0 Å². The predicted octanol–water partition coefficient (Wildman–Crippen LogP) is 5.48. The van der Waals surface area contributed by atoms with Crippen molar-refractivity contribution in [2.45, 2.75) is 13.8 Å². The van der Waals surface area contributed by atoms with Crippen molar-refractivity contribution in [3.05, 3.63) is 70.1 Å². The highest BCUT2D eigenvalue weighted by atomic mass is 79.9. The van der Waals surface area contributed by atoms with E-state index in [1.807, 2.05) is 38.1 Å². The second-order valence-corrected chi connectivity index (χ2v) is 6.32. The molecule has 0 fully saturated rings. The molecule has 3 aromatic rings. The van der Waals surface area contributed by atoms with Crippen LogP contribution in [-0.2, 0) is 0 Å². The maximum absolute atomic E-state index is 13.3. The van der Waals surface area contributed by atoms with Gasteiger partial charge < -0.3 is 10.6 Å². The zero-order valence-electron chi connectivity index (χ0n) is 13.3. The van der Waals surface area contributed by atoms with Gasteiger partial charge in [-0.1, -0.05) is 12.1 Å². The molecular weight excluding hydrogens is 371 g/mol. The van der Waals surface area contributed by atoms with E-state index in [1.165, 1.54) is 17.7 Å². The average Bonchev–Trinajstić information content (AvgIpc) is 2.49. The van der Waals surface area contributed by atoms with Gasteiger partial charge in [-0.05, 0) is 65.7 Å². The summed E-state index contributed by atoms with van der Waals surface area (Å²) in [5.41, 5.74) is 3.48. The third-order valence-corrected chi connectivity index (χ3v) is 3.98. The highest BCUT2D eigenvalue weighted by Gasteiger charge is 2.06. The lowest BCUT2D eigenvalue weighted by Gasteiger charge is -2.11. The third-order valence-electron chi connectivity index (χ3n) is 3.32. The van der Waals surface area contributed by atoms with Crippen molar-refractivity contribution in [1.82, 2.24) is 9.97 Å². The van der Waals surface area contributed by atoms with E-state index in [-0.39, 0.29) is 5.82 Å². The van der Waals surface area contributed by atoms with Crippen LogP contribution < -0.4 is 10.6 Å². The van der Waals surface area contributed by atoms with Gasteiger partial charge in [-0.25, -0.2) is 9.37 Å². The molecule has 0 aliphatic carbocycles. The van der Waals surface area contributed by atoms with E-state index in [4.69, 9.17) is 0 Å². The van der Waals surface area contributed by atoms with E-state index >= 15 is 0 Å². The number of aromatic nitrogens is 2. The molecule has 3 rings (SSSR count). The van der Waals surface area contributed by atoms with Gasteiger partial charge in [-0.2, -0.15) is 4.98 Å². The fourth-order valence-electron chi connectivity index (χ4n) is 2.24. The van der Waals surface area contributed by atoms with Gasteiger partial charge in [0, 0.05) is 21.9 Å².